The van der Waals surface area contributed by atoms with E-state index in [2.05, 4.69) is 15.1 Å². The average Bonchev–Trinajstić information content (AvgIpc) is 3.11. The molecule has 0 spiro atoms. The summed E-state index contributed by atoms with van der Waals surface area (Å²) in [7, 11) is 0. The Morgan fingerprint density at radius 2 is 2.08 bits per heavy atom. The summed E-state index contributed by atoms with van der Waals surface area (Å²) in [4.78, 5) is 20.3. The van der Waals surface area contributed by atoms with Gasteiger partial charge in [-0.05, 0) is 43.7 Å². The molecule has 2 aromatic heterocycles. The molecule has 2 fully saturated rings. The Balaban J connectivity index is 1.67. The SMILES string of the molecule is O=c1c2ccccc2nc(C2CCCN2c2nncs2)n1CC1CC1. The van der Waals surface area contributed by atoms with Crippen LogP contribution >= 0.6 is 11.3 Å². The first-order valence-corrected chi connectivity index (χ1v) is 9.71. The van der Waals surface area contributed by atoms with Gasteiger partial charge in [-0.25, -0.2) is 4.98 Å². The molecule has 1 saturated heterocycles. The second-order valence-corrected chi connectivity index (χ2v) is 7.73. The molecule has 1 atom stereocenters. The molecule has 1 aliphatic carbocycles. The predicted octanol–water partition coefficient (Wildman–Crippen LogP) is 3.00. The number of nitrogens with zero attached hydrogens (tertiary/aromatic N) is 5. The maximum absolute atomic E-state index is 13.1. The molecule has 1 saturated carbocycles. The van der Waals surface area contributed by atoms with Crippen LogP contribution in [-0.4, -0.2) is 26.3 Å². The van der Waals surface area contributed by atoms with E-state index in [0.29, 0.717) is 11.3 Å². The van der Waals surface area contributed by atoms with Crippen LogP contribution < -0.4 is 10.5 Å². The van der Waals surface area contributed by atoms with E-state index < -0.39 is 0 Å². The van der Waals surface area contributed by atoms with Crippen molar-refractivity contribution in [2.75, 3.05) is 11.4 Å². The van der Waals surface area contributed by atoms with E-state index in [-0.39, 0.29) is 11.6 Å². The van der Waals surface area contributed by atoms with Gasteiger partial charge in [-0.1, -0.05) is 23.5 Å². The minimum atomic E-state index is 0.0941. The number of hydrogen-bond acceptors (Lipinski definition) is 6. The summed E-state index contributed by atoms with van der Waals surface area (Å²) >= 11 is 1.55. The van der Waals surface area contributed by atoms with E-state index >= 15 is 0 Å². The third kappa shape index (κ3) is 2.63. The summed E-state index contributed by atoms with van der Waals surface area (Å²) in [6.45, 7) is 1.72. The number of fused-ring (bicyclic) bond motifs is 1. The standard InChI is InChI=1S/C18H19N5OS/c24-17-13-4-1-2-5-14(13)20-16(23(17)10-12-7-8-12)15-6-3-9-22(15)18-21-19-11-25-18/h1-2,4-5,11-12,15H,3,6-10H2. The van der Waals surface area contributed by atoms with Gasteiger partial charge < -0.3 is 4.90 Å². The summed E-state index contributed by atoms with van der Waals surface area (Å²) < 4.78 is 1.93. The molecule has 1 aliphatic heterocycles. The molecule has 5 rings (SSSR count). The first-order chi connectivity index (χ1) is 12.3. The molecule has 3 heterocycles. The predicted molar refractivity (Wildman–Crippen MR) is 98.0 cm³/mol. The second-order valence-electron chi connectivity index (χ2n) is 6.92. The van der Waals surface area contributed by atoms with Gasteiger partial charge in [-0.15, -0.1) is 10.2 Å². The number of anilines is 1. The molecule has 3 aromatic rings. The number of hydrogen-bond donors (Lipinski definition) is 0. The van der Waals surface area contributed by atoms with Crippen molar-refractivity contribution in [1.29, 1.82) is 0 Å². The van der Waals surface area contributed by atoms with E-state index in [1.54, 1.807) is 16.8 Å². The lowest BCUT2D eigenvalue weighted by molar-refractivity contribution is 0.526. The minimum Gasteiger partial charge on any atom is -0.336 e. The Labute approximate surface area is 149 Å². The van der Waals surface area contributed by atoms with Crippen LogP contribution in [0.2, 0.25) is 0 Å². The van der Waals surface area contributed by atoms with Gasteiger partial charge in [0.05, 0.1) is 16.9 Å². The monoisotopic (exact) mass is 353 g/mol. The van der Waals surface area contributed by atoms with Gasteiger partial charge in [0.15, 0.2) is 0 Å². The first-order valence-electron chi connectivity index (χ1n) is 8.83. The van der Waals surface area contributed by atoms with Gasteiger partial charge in [-0.2, -0.15) is 0 Å². The fourth-order valence-corrected chi connectivity index (χ4v) is 4.37. The zero-order valence-electron chi connectivity index (χ0n) is 13.8. The Bertz CT molecular complexity index is 963. The average molecular weight is 353 g/mol. The van der Waals surface area contributed by atoms with Crippen molar-refractivity contribution in [3.8, 4) is 0 Å². The van der Waals surface area contributed by atoms with Crippen molar-refractivity contribution in [2.24, 2.45) is 5.92 Å². The van der Waals surface area contributed by atoms with Gasteiger partial charge in [0.2, 0.25) is 5.13 Å². The highest BCUT2D eigenvalue weighted by molar-refractivity contribution is 7.13. The number of aromatic nitrogens is 4. The van der Waals surface area contributed by atoms with Gasteiger partial charge in [-0.3, -0.25) is 9.36 Å². The molecule has 7 heteroatoms. The quantitative estimate of drug-likeness (QED) is 0.721. The van der Waals surface area contributed by atoms with Gasteiger partial charge in [0.25, 0.3) is 5.56 Å². The maximum Gasteiger partial charge on any atom is 0.261 e. The van der Waals surface area contributed by atoms with E-state index in [4.69, 9.17) is 4.98 Å². The highest BCUT2D eigenvalue weighted by Gasteiger charge is 2.33. The van der Waals surface area contributed by atoms with E-state index in [9.17, 15) is 4.79 Å². The van der Waals surface area contributed by atoms with Crippen LogP contribution in [0.5, 0.6) is 0 Å². The Morgan fingerprint density at radius 3 is 2.88 bits per heavy atom. The number of rotatable bonds is 4. The maximum atomic E-state index is 13.1. The topological polar surface area (TPSA) is 63.9 Å². The lowest BCUT2D eigenvalue weighted by Crippen LogP contribution is -2.32. The Hall–Kier alpha value is -2.28. The summed E-state index contributed by atoms with van der Waals surface area (Å²) in [5.41, 5.74) is 2.64. The smallest absolute Gasteiger partial charge is 0.261 e. The highest BCUT2D eigenvalue weighted by atomic mass is 32.1. The number of para-hydroxylation sites is 1. The van der Waals surface area contributed by atoms with Gasteiger partial charge in [0.1, 0.15) is 11.3 Å². The van der Waals surface area contributed by atoms with Crippen molar-refractivity contribution in [2.45, 2.75) is 38.3 Å². The molecule has 1 aromatic carbocycles. The molecule has 0 N–H and O–H groups in total. The molecule has 0 amide bonds. The lowest BCUT2D eigenvalue weighted by Gasteiger charge is -2.26. The van der Waals surface area contributed by atoms with Crippen LogP contribution in [0.4, 0.5) is 5.13 Å². The lowest BCUT2D eigenvalue weighted by atomic mass is 10.1. The highest BCUT2D eigenvalue weighted by Crippen LogP contribution is 2.37. The van der Waals surface area contributed by atoms with Crippen LogP contribution in [0.25, 0.3) is 10.9 Å². The Kier molecular flexibility index (Phi) is 3.55. The Morgan fingerprint density at radius 1 is 1.20 bits per heavy atom. The second kappa shape index (κ2) is 5.91. The molecule has 128 valence electrons. The van der Waals surface area contributed by atoms with Crippen LogP contribution in [0, 0.1) is 5.92 Å². The van der Waals surface area contributed by atoms with E-state index in [1.807, 2.05) is 28.8 Å². The van der Waals surface area contributed by atoms with Crippen LogP contribution in [0.3, 0.4) is 0 Å². The van der Waals surface area contributed by atoms with Crippen LogP contribution in [0.1, 0.15) is 37.5 Å². The molecule has 25 heavy (non-hydrogen) atoms. The summed E-state index contributed by atoms with van der Waals surface area (Å²) in [6.07, 6.45) is 4.50. The molecular weight excluding hydrogens is 334 g/mol. The molecule has 2 aliphatic rings. The normalized spacial score (nSPS) is 20.5. The number of benzene rings is 1. The zero-order valence-corrected chi connectivity index (χ0v) is 14.7. The van der Waals surface area contributed by atoms with Crippen molar-refractivity contribution < 1.29 is 0 Å². The van der Waals surface area contributed by atoms with E-state index in [0.717, 1.165) is 42.4 Å². The fraction of sp³-hybridized carbons (Fsp3) is 0.444. The molecule has 6 nitrogen and oxygen atoms in total. The third-order valence-corrected chi connectivity index (χ3v) is 5.90. The van der Waals surface area contributed by atoms with Crippen molar-refractivity contribution >= 4 is 27.4 Å². The summed E-state index contributed by atoms with van der Waals surface area (Å²) in [5.74, 6) is 1.51. The van der Waals surface area contributed by atoms with Crippen LogP contribution in [0.15, 0.2) is 34.6 Å². The van der Waals surface area contributed by atoms with Gasteiger partial charge in [0, 0.05) is 13.1 Å². The molecule has 0 radical (unpaired) electrons. The summed E-state index contributed by atoms with van der Waals surface area (Å²) in [5, 5.41) is 9.86. The first kappa shape index (κ1) is 15.0. The fourth-order valence-electron chi connectivity index (χ4n) is 3.73. The van der Waals surface area contributed by atoms with Crippen molar-refractivity contribution in [1.82, 2.24) is 19.7 Å². The minimum absolute atomic E-state index is 0.0941. The third-order valence-electron chi connectivity index (χ3n) is 5.17. The van der Waals surface area contributed by atoms with Crippen molar-refractivity contribution in [3.05, 3.63) is 46.0 Å². The van der Waals surface area contributed by atoms with E-state index in [1.165, 1.54) is 12.8 Å². The van der Waals surface area contributed by atoms with Crippen molar-refractivity contribution in [3.63, 3.8) is 0 Å². The van der Waals surface area contributed by atoms with Crippen LogP contribution in [-0.2, 0) is 6.54 Å². The zero-order chi connectivity index (χ0) is 16.8. The molecule has 1 unspecified atom stereocenters. The molecule has 0 bridgehead atoms. The van der Waals surface area contributed by atoms with Gasteiger partial charge >= 0.3 is 0 Å². The molecular formula is C18H19N5OS. The summed E-state index contributed by atoms with van der Waals surface area (Å²) in [6, 6.07) is 7.78. The largest absolute Gasteiger partial charge is 0.336 e.